The van der Waals surface area contributed by atoms with Crippen molar-refractivity contribution in [3.63, 3.8) is 0 Å². The lowest BCUT2D eigenvalue weighted by atomic mass is 10.1. The average Bonchev–Trinajstić information content (AvgIpc) is 3.11. The normalized spacial score (nSPS) is 16.6. The zero-order valence-corrected chi connectivity index (χ0v) is 9.05. The summed E-state index contributed by atoms with van der Waals surface area (Å²) in [6, 6.07) is 6.90. The number of rotatable bonds is 4. The van der Waals surface area contributed by atoms with E-state index in [1.54, 1.807) is 18.2 Å². The maximum absolute atomic E-state index is 11.1. The van der Waals surface area contributed by atoms with Gasteiger partial charge in [0.15, 0.2) is 6.10 Å². The fraction of sp³-hybridized carbons (Fsp3) is 0.417. The van der Waals surface area contributed by atoms with Crippen LogP contribution in [0.1, 0.15) is 24.5 Å². The number of hydrogen-bond donors (Lipinski definition) is 1. The van der Waals surface area contributed by atoms with E-state index in [2.05, 4.69) is 4.74 Å². The maximum Gasteiger partial charge on any atom is 0.339 e. The van der Waals surface area contributed by atoms with Gasteiger partial charge in [-0.2, -0.15) is 0 Å². The smallest absolute Gasteiger partial charge is 0.339 e. The topological polar surface area (TPSA) is 55.8 Å². The van der Waals surface area contributed by atoms with Crippen molar-refractivity contribution in [3.05, 3.63) is 29.8 Å². The van der Waals surface area contributed by atoms with Crippen LogP contribution in [0.15, 0.2) is 24.3 Å². The molecule has 1 aromatic rings. The molecule has 0 heterocycles. The Labute approximate surface area is 93.8 Å². The third-order valence-corrected chi connectivity index (χ3v) is 2.43. The van der Waals surface area contributed by atoms with Crippen LogP contribution in [-0.4, -0.2) is 24.3 Å². The van der Waals surface area contributed by atoms with E-state index in [0.29, 0.717) is 17.4 Å². The molecule has 0 amide bonds. The third-order valence-electron chi connectivity index (χ3n) is 2.43. The molecule has 1 N–H and O–H groups in total. The molecular weight excluding hydrogens is 208 g/mol. The molecule has 0 aliphatic heterocycles. The van der Waals surface area contributed by atoms with Crippen LogP contribution in [-0.2, 0) is 9.53 Å². The Kier molecular flexibility index (Phi) is 3.10. The molecule has 0 saturated heterocycles. The van der Waals surface area contributed by atoms with E-state index in [-0.39, 0.29) is 0 Å². The van der Waals surface area contributed by atoms with Crippen molar-refractivity contribution >= 4 is 5.97 Å². The molecule has 16 heavy (non-hydrogen) atoms. The number of aliphatic hydroxyl groups excluding tert-OH is 1. The summed E-state index contributed by atoms with van der Waals surface area (Å²) >= 11 is 0. The lowest BCUT2D eigenvalue weighted by Crippen LogP contribution is -2.13. The van der Waals surface area contributed by atoms with E-state index in [9.17, 15) is 9.90 Å². The fourth-order valence-corrected chi connectivity index (χ4v) is 1.38. The number of benzene rings is 1. The van der Waals surface area contributed by atoms with Crippen molar-refractivity contribution in [1.29, 1.82) is 0 Å². The second kappa shape index (κ2) is 4.53. The Hall–Kier alpha value is -1.55. The Morgan fingerprint density at radius 1 is 1.50 bits per heavy atom. The first-order chi connectivity index (χ1) is 7.70. The zero-order valence-electron chi connectivity index (χ0n) is 9.05. The van der Waals surface area contributed by atoms with Crippen LogP contribution in [0.3, 0.4) is 0 Å². The van der Waals surface area contributed by atoms with Crippen LogP contribution in [0, 0.1) is 0 Å². The van der Waals surface area contributed by atoms with Crippen LogP contribution in [0.2, 0.25) is 0 Å². The Balaban J connectivity index is 2.10. The Morgan fingerprint density at radius 3 is 2.88 bits per heavy atom. The van der Waals surface area contributed by atoms with Crippen LogP contribution >= 0.6 is 0 Å². The lowest BCUT2D eigenvalue weighted by Gasteiger charge is -2.10. The SMILES string of the molecule is COC(=O)C(O)c1cccc(OC2CC2)c1. The molecule has 1 fully saturated rings. The highest BCUT2D eigenvalue weighted by Crippen LogP contribution is 2.28. The number of esters is 1. The van der Waals surface area contributed by atoms with Crippen molar-refractivity contribution < 1.29 is 19.4 Å². The van der Waals surface area contributed by atoms with E-state index >= 15 is 0 Å². The van der Waals surface area contributed by atoms with Gasteiger partial charge < -0.3 is 14.6 Å². The first-order valence-electron chi connectivity index (χ1n) is 5.23. The predicted octanol–water partition coefficient (Wildman–Crippen LogP) is 1.43. The van der Waals surface area contributed by atoms with Gasteiger partial charge in [0.1, 0.15) is 5.75 Å². The van der Waals surface area contributed by atoms with Gasteiger partial charge >= 0.3 is 5.97 Å². The fourth-order valence-electron chi connectivity index (χ4n) is 1.38. The monoisotopic (exact) mass is 222 g/mol. The standard InChI is InChI=1S/C12H14O4/c1-15-12(14)11(13)8-3-2-4-10(7-8)16-9-5-6-9/h2-4,7,9,11,13H,5-6H2,1H3. The molecule has 1 aliphatic rings. The summed E-state index contributed by atoms with van der Waals surface area (Å²) in [7, 11) is 1.25. The summed E-state index contributed by atoms with van der Waals surface area (Å²) in [4.78, 5) is 11.1. The minimum absolute atomic E-state index is 0.297. The summed E-state index contributed by atoms with van der Waals surface area (Å²) in [5.74, 6) is 0.0199. The van der Waals surface area contributed by atoms with Gasteiger partial charge in [-0.15, -0.1) is 0 Å². The molecular formula is C12H14O4. The number of aliphatic hydroxyl groups is 1. The zero-order chi connectivity index (χ0) is 11.5. The quantitative estimate of drug-likeness (QED) is 0.783. The van der Waals surface area contributed by atoms with Crippen LogP contribution < -0.4 is 4.74 Å². The highest BCUT2D eigenvalue weighted by molar-refractivity contribution is 5.76. The first-order valence-corrected chi connectivity index (χ1v) is 5.23. The summed E-state index contributed by atoms with van der Waals surface area (Å²) in [6.07, 6.45) is 1.20. The summed E-state index contributed by atoms with van der Waals surface area (Å²) in [5, 5.41) is 9.63. The van der Waals surface area contributed by atoms with Gasteiger partial charge in [0.25, 0.3) is 0 Å². The molecule has 0 radical (unpaired) electrons. The second-order valence-corrected chi connectivity index (χ2v) is 3.82. The van der Waals surface area contributed by atoms with Crippen molar-refractivity contribution in [2.24, 2.45) is 0 Å². The van der Waals surface area contributed by atoms with Crippen LogP contribution in [0.5, 0.6) is 5.75 Å². The maximum atomic E-state index is 11.1. The summed E-state index contributed by atoms with van der Waals surface area (Å²) in [5.41, 5.74) is 0.491. The molecule has 86 valence electrons. The molecule has 1 aliphatic carbocycles. The summed E-state index contributed by atoms with van der Waals surface area (Å²) in [6.45, 7) is 0. The molecule has 1 aromatic carbocycles. The lowest BCUT2D eigenvalue weighted by molar-refractivity contribution is -0.150. The second-order valence-electron chi connectivity index (χ2n) is 3.82. The van der Waals surface area contributed by atoms with E-state index < -0.39 is 12.1 Å². The van der Waals surface area contributed by atoms with Crippen molar-refractivity contribution in [2.75, 3.05) is 7.11 Å². The Morgan fingerprint density at radius 2 is 2.25 bits per heavy atom. The number of carbonyl (C=O) groups is 1. The highest BCUT2D eigenvalue weighted by Gasteiger charge is 2.24. The number of hydrogen-bond acceptors (Lipinski definition) is 4. The van der Waals surface area contributed by atoms with Gasteiger partial charge in [0.2, 0.25) is 0 Å². The van der Waals surface area contributed by atoms with Crippen molar-refractivity contribution in [3.8, 4) is 5.75 Å². The third kappa shape index (κ3) is 2.52. The largest absolute Gasteiger partial charge is 0.490 e. The van der Waals surface area contributed by atoms with E-state index in [1.165, 1.54) is 7.11 Å². The molecule has 2 rings (SSSR count). The van der Waals surface area contributed by atoms with E-state index in [0.717, 1.165) is 12.8 Å². The predicted molar refractivity (Wildman–Crippen MR) is 57.1 cm³/mol. The molecule has 0 aromatic heterocycles. The van der Waals surface area contributed by atoms with Crippen molar-refractivity contribution in [1.82, 2.24) is 0 Å². The first kappa shape index (κ1) is 11.0. The van der Waals surface area contributed by atoms with Gasteiger partial charge in [0, 0.05) is 0 Å². The van der Waals surface area contributed by atoms with Crippen molar-refractivity contribution in [2.45, 2.75) is 25.0 Å². The van der Waals surface area contributed by atoms with Gasteiger partial charge in [0.05, 0.1) is 13.2 Å². The van der Waals surface area contributed by atoms with Gasteiger partial charge in [-0.1, -0.05) is 12.1 Å². The molecule has 0 spiro atoms. The van der Waals surface area contributed by atoms with E-state index in [4.69, 9.17) is 4.74 Å². The molecule has 4 nitrogen and oxygen atoms in total. The van der Waals surface area contributed by atoms with Gasteiger partial charge in [-0.05, 0) is 30.5 Å². The molecule has 1 unspecified atom stereocenters. The van der Waals surface area contributed by atoms with Crippen LogP contribution in [0.4, 0.5) is 0 Å². The Bertz CT molecular complexity index is 384. The minimum Gasteiger partial charge on any atom is -0.490 e. The number of carbonyl (C=O) groups excluding carboxylic acids is 1. The molecule has 4 heteroatoms. The molecule has 1 atom stereocenters. The average molecular weight is 222 g/mol. The van der Waals surface area contributed by atoms with E-state index in [1.807, 2.05) is 6.07 Å². The molecule has 1 saturated carbocycles. The number of ether oxygens (including phenoxy) is 2. The molecule has 0 bridgehead atoms. The van der Waals surface area contributed by atoms with Crippen LogP contribution in [0.25, 0.3) is 0 Å². The minimum atomic E-state index is -1.24. The number of methoxy groups -OCH3 is 1. The summed E-state index contributed by atoms with van der Waals surface area (Å²) < 4.78 is 10.0. The van der Waals surface area contributed by atoms with Gasteiger partial charge in [-0.25, -0.2) is 4.79 Å². The van der Waals surface area contributed by atoms with Gasteiger partial charge in [-0.3, -0.25) is 0 Å². The highest BCUT2D eigenvalue weighted by atomic mass is 16.5.